The molecule has 0 aliphatic carbocycles. The van der Waals surface area contributed by atoms with Gasteiger partial charge in [0.05, 0.1) is 28.7 Å². The van der Waals surface area contributed by atoms with E-state index in [-0.39, 0.29) is 11.4 Å². The maximum absolute atomic E-state index is 12.8. The molecule has 0 spiro atoms. The van der Waals surface area contributed by atoms with Crippen LogP contribution in [0.2, 0.25) is 0 Å². The zero-order valence-electron chi connectivity index (χ0n) is 13.1. The van der Waals surface area contributed by atoms with Crippen molar-refractivity contribution in [1.29, 1.82) is 0 Å². The lowest BCUT2D eigenvalue weighted by Crippen LogP contribution is -2.27. The molecule has 0 amide bonds. The molecular formula is C14H13N3O7S. The number of methoxy groups -OCH3 is 1. The second-order valence-electron chi connectivity index (χ2n) is 4.81. The topological polar surface area (TPSA) is 133 Å². The van der Waals surface area contributed by atoms with Crippen molar-refractivity contribution >= 4 is 27.1 Å². The minimum Gasteiger partial charge on any atom is -0.495 e. The van der Waals surface area contributed by atoms with Gasteiger partial charge in [-0.2, -0.15) is 0 Å². The first-order chi connectivity index (χ1) is 11.7. The van der Waals surface area contributed by atoms with Gasteiger partial charge in [0, 0.05) is 13.1 Å². The van der Waals surface area contributed by atoms with Crippen molar-refractivity contribution < 1.29 is 23.0 Å². The van der Waals surface area contributed by atoms with E-state index in [2.05, 4.69) is 0 Å². The van der Waals surface area contributed by atoms with Crippen LogP contribution >= 0.6 is 0 Å². The molecule has 0 aromatic heterocycles. The van der Waals surface area contributed by atoms with E-state index in [4.69, 9.17) is 4.74 Å². The van der Waals surface area contributed by atoms with Gasteiger partial charge in [0.2, 0.25) is 0 Å². The van der Waals surface area contributed by atoms with E-state index in [1.807, 2.05) is 0 Å². The predicted octanol–water partition coefficient (Wildman–Crippen LogP) is 2.34. The molecule has 0 unspecified atom stereocenters. The SMILES string of the molecule is COc1ccccc1N(C)S(=O)(=O)c1ccc([N+](=O)[O-])cc1[N+](=O)[O-]. The Morgan fingerprint density at radius 3 is 2.24 bits per heavy atom. The first-order valence-electron chi connectivity index (χ1n) is 6.75. The molecule has 0 fully saturated rings. The molecule has 11 heteroatoms. The molecule has 2 aromatic carbocycles. The third kappa shape index (κ3) is 3.35. The lowest BCUT2D eigenvalue weighted by Gasteiger charge is -2.21. The quantitative estimate of drug-likeness (QED) is 0.565. The van der Waals surface area contributed by atoms with Gasteiger partial charge < -0.3 is 4.74 Å². The van der Waals surface area contributed by atoms with Crippen LogP contribution in [0.4, 0.5) is 17.1 Å². The summed E-state index contributed by atoms with van der Waals surface area (Å²) in [6.07, 6.45) is 0. The summed E-state index contributed by atoms with van der Waals surface area (Å²) in [7, 11) is -1.79. The fourth-order valence-electron chi connectivity index (χ4n) is 2.15. The van der Waals surface area contributed by atoms with Crippen molar-refractivity contribution in [3.63, 3.8) is 0 Å². The molecule has 0 radical (unpaired) electrons. The Hall–Kier alpha value is -3.21. The summed E-state index contributed by atoms with van der Waals surface area (Å²) in [4.78, 5) is 19.5. The Morgan fingerprint density at radius 1 is 1.04 bits per heavy atom. The van der Waals surface area contributed by atoms with Crippen LogP contribution in [-0.2, 0) is 10.0 Å². The Bertz CT molecular complexity index is 943. The normalized spacial score (nSPS) is 11.0. The van der Waals surface area contributed by atoms with Gasteiger partial charge in [-0.25, -0.2) is 8.42 Å². The maximum atomic E-state index is 12.8. The highest BCUT2D eigenvalue weighted by Gasteiger charge is 2.32. The fraction of sp³-hybridized carbons (Fsp3) is 0.143. The van der Waals surface area contributed by atoms with Crippen molar-refractivity contribution in [2.24, 2.45) is 0 Å². The van der Waals surface area contributed by atoms with Crippen LogP contribution in [0.15, 0.2) is 47.4 Å². The highest BCUT2D eigenvalue weighted by Crippen LogP contribution is 2.35. The van der Waals surface area contributed by atoms with Gasteiger partial charge in [-0.05, 0) is 18.2 Å². The summed E-state index contributed by atoms with van der Waals surface area (Å²) in [5.41, 5.74) is -1.29. The smallest absolute Gasteiger partial charge is 0.296 e. The number of hydrogen-bond donors (Lipinski definition) is 0. The first kappa shape index (κ1) is 18.1. The molecule has 2 aromatic rings. The Kier molecular flexibility index (Phi) is 4.88. The van der Waals surface area contributed by atoms with Gasteiger partial charge >= 0.3 is 0 Å². The minimum absolute atomic E-state index is 0.164. The summed E-state index contributed by atoms with van der Waals surface area (Å²) >= 11 is 0. The van der Waals surface area contributed by atoms with Gasteiger partial charge in [-0.15, -0.1) is 0 Å². The van der Waals surface area contributed by atoms with Crippen molar-refractivity contribution in [1.82, 2.24) is 0 Å². The number of rotatable bonds is 6. The van der Waals surface area contributed by atoms with Crippen LogP contribution in [0.25, 0.3) is 0 Å². The largest absolute Gasteiger partial charge is 0.495 e. The van der Waals surface area contributed by atoms with Gasteiger partial charge in [-0.3, -0.25) is 24.5 Å². The molecule has 0 atom stereocenters. The summed E-state index contributed by atoms with van der Waals surface area (Å²) < 4.78 is 31.5. The van der Waals surface area contributed by atoms with E-state index in [0.717, 1.165) is 16.4 Å². The van der Waals surface area contributed by atoms with E-state index in [1.165, 1.54) is 26.3 Å². The van der Waals surface area contributed by atoms with E-state index in [9.17, 15) is 28.6 Å². The molecule has 0 aliphatic heterocycles. The lowest BCUT2D eigenvalue weighted by molar-refractivity contribution is -0.396. The van der Waals surface area contributed by atoms with E-state index in [1.54, 1.807) is 12.1 Å². The summed E-state index contributed by atoms with van der Waals surface area (Å²) in [5.74, 6) is 0.248. The molecule has 0 bridgehead atoms. The lowest BCUT2D eigenvalue weighted by atomic mass is 10.3. The van der Waals surface area contributed by atoms with Crippen LogP contribution in [-0.4, -0.2) is 32.4 Å². The first-order valence-corrected chi connectivity index (χ1v) is 8.19. The summed E-state index contributed by atoms with van der Waals surface area (Å²) in [6.45, 7) is 0. The van der Waals surface area contributed by atoms with Crippen molar-refractivity contribution in [2.45, 2.75) is 4.90 Å². The fourth-order valence-corrected chi connectivity index (χ4v) is 3.49. The highest BCUT2D eigenvalue weighted by atomic mass is 32.2. The Morgan fingerprint density at radius 2 is 1.68 bits per heavy atom. The third-order valence-electron chi connectivity index (χ3n) is 3.41. The van der Waals surface area contributed by atoms with Gasteiger partial charge in [-0.1, -0.05) is 12.1 Å². The molecule has 2 rings (SSSR count). The number of nitrogens with zero attached hydrogens (tertiary/aromatic N) is 3. The van der Waals surface area contributed by atoms with E-state index < -0.39 is 36.1 Å². The van der Waals surface area contributed by atoms with Crippen molar-refractivity contribution in [3.05, 3.63) is 62.7 Å². The molecule has 0 aliphatic rings. The average Bonchev–Trinajstić information content (AvgIpc) is 2.60. The number of sulfonamides is 1. The Balaban J connectivity index is 2.63. The summed E-state index contributed by atoms with van der Waals surface area (Å²) in [6, 6.07) is 8.57. The molecule has 132 valence electrons. The number of hydrogen-bond acceptors (Lipinski definition) is 7. The number of non-ortho nitro benzene ring substituents is 1. The molecular weight excluding hydrogens is 354 g/mol. The van der Waals surface area contributed by atoms with Gasteiger partial charge in [0.25, 0.3) is 21.4 Å². The van der Waals surface area contributed by atoms with Crippen LogP contribution < -0.4 is 9.04 Å². The maximum Gasteiger partial charge on any atom is 0.296 e. The number of benzene rings is 2. The number of nitro benzene ring substituents is 2. The van der Waals surface area contributed by atoms with Crippen molar-refractivity contribution in [3.8, 4) is 5.75 Å². The molecule has 0 heterocycles. The summed E-state index contributed by atoms with van der Waals surface area (Å²) in [5, 5.41) is 22.0. The van der Waals surface area contributed by atoms with Crippen LogP contribution in [0.5, 0.6) is 5.75 Å². The van der Waals surface area contributed by atoms with E-state index >= 15 is 0 Å². The molecule has 0 N–H and O–H groups in total. The minimum atomic E-state index is -4.35. The molecule has 10 nitrogen and oxygen atoms in total. The average molecular weight is 367 g/mol. The second-order valence-corrected chi connectivity index (χ2v) is 6.75. The number of para-hydroxylation sites is 2. The molecule has 25 heavy (non-hydrogen) atoms. The number of anilines is 1. The third-order valence-corrected chi connectivity index (χ3v) is 5.23. The molecule has 0 saturated carbocycles. The van der Waals surface area contributed by atoms with Gasteiger partial charge in [0.1, 0.15) is 5.75 Å². The van der Waals surface area contributed by atoms with Crippen molar-refractivity contribution in [2.75, 3.05) is 18.5 Å². The number of nitro groups is 2. The second kappa shape index (κ2) is 6.73. The Labute approximate surface area is 142 Å². The van der Waals surface area contributed by atoms with E-state index in [0.29, 0.717) is 6.07 Å². The van der Waals surface area contributed by atoms with Crippen LogP contribution in [0, 0.1) is 20.2 Å². The zero-order chi connectivity index (χ0) is 18.8. The monoisotopic (exact) mass is 367 g/mol. The zero-order valence-corrected chi connectivity index (χ0v) is 14.0. The molecule has 0 saturated heterocycles. The van der Waals surface area contributed by atoms with Crippen LogP contribution in [0.3, 0.4) is 0 Å². The standard InChI is InChI=1S/C14H13N3O7S/c1-15(11-5-3-4-6-13(11)24-2)25(22,23)14-8-7-10(16(18)19)9-12(14)17(20)21/h3-9H,1-2H3. The van der Waals surface area contributed by atoms with Crippen LogP contribution in [0.1, 0.15) is 0 Å². The predicted molar refractivity (Wildman–Crippen MR) is 88.3 cm³/mol. The highest BCUT2D eigenvalue weighted by molar-refractivity contribution is 7.93. The number of ether oxygens (including phenoxy) is 1. The van der Waals surface area contributed by atoms with Gasteiger partial charge in [0.15, 0.2) is 4.90 Å².